The van der Waals surface area contributed by atoms with E-state index in [1.54, 1.807) is 0 Å². The third-order valence-corrected chi connectivity index (χ3v) is 26.0. The van der Waals surface area contributed by atoms with Crippen LogP contribution in [-0.4, -0.2) is 29.1 Å². The molecule has 560 valence electrons. The van der Waals surface area contributed by atoms with Gasteiger partial charge in [-0.1, -0.05) is 328 Å². The minimum absolute atomic E-state index is 0.697. The van der Waals surface area contributed by atoms with Crippen LogP contribution in [0.2, 0.25) is 0 Å². The number of aromatic nitrogens is 6. The van der Waals surface area contributed by atoms with Gasteiger partial charge in [-0.2, -0.15) is 0 Å². The first kappa shape index (κ1) is 70.1. The molecule has 0 saturated carbocycles. The van der Waals surface area contributed by atoms with Gasteiger partial charge in [0.1, 0.15) is 0 Å². The van der Waals surface area contributed by atoms with Crippen LogP contribution in [-0.2, 0) is 0 Å². The summed E-state index contributed by atoms with van der Waals surface area (Å²) in [5.41, 5.74) is 26.4. The molecule has 0 unspecified atom stereocenters. The minimum Gasteiger partial charge on any atom is -0.309 e. The van der Waals surface area contributed by atoms with Crippen molar-refractivity contribution in [3.05, 3.63) is 425 Å². The van der Waals surface area contributed by atoms with Gasteiger partial charge in [-0.25, -0.2) is 19.9 Å². The highest BCUT2D eigenvalue weighted by molar-refractivity contribution is 7.27. The summed E-state index contributed by atoms with van der Waals surface area (Å²) in [6, 6.07) is 152. The van der Waals surface area contributed by atoms with Gasteiger partial charge in [-0.05, 0) is 142 Å². The first-order chi connectivity index (χ1) is 59.5. The van der Waals surface area contributed by atoms with Gasteiger partial charge >= 0.3 is 0 Å². The van der Waals surface area contributed by atoms with Crippen LogP contribution in [0.15, 0.2) is 425 Å². The second kappa shape index (κ2) is 29.4. The summed E-state index contributed by atoms with van der Waals surface area (Å²) in [6.07, 6.45) is 0. The Balaban J connectivity index is 0.000000140. The lowest BCUT2D eigenvalue weighted by Gasteiger charge is -2.13. The lowest BCUT2D eigenvalue weighted by atomic mass is 9.96. The third-order valence-electron chi connectivity index (χ3n) is 23.6. The van der Waals surface area contributed by atoms with Gasteiger partial charge in [0.25, 0.3) is 0 Å². The summed E-state index contributed by atoms with van der Waals surface area (Å²) >= 11 is 3.80. The van der Waals surface area contributed by atoms with Crippen LogP contribution in [0, 0.1) is 0 Å². The lowest BCUT2D eigenvalue weighted by Crippen LogP contribution is -1.97. The largest absolute Gasteiger partial charge is 0.309 e. The summed E-state index contributed by atoms with van der Waals surface area (Å²) in [6.45, 7) is 0. The zero-order valence-corrected chi connectivity index (χ0v) is 66.5. The molecule has 0 saturated heterocycles. The third kappa shape index (κ3) is 12.2. The Morgan fingerprint density at radius 2 is 0.425 bits per heavy atom. The van der Waals surface area contributed by atoms with Crippen molar-refractivity contribution in [2.45, 2.75) is 0 Å². The molecule has 24 aromatic rings. The number of hydrogen-bond acceptors (Lipinski definition) is 6. The highest BCUT2D eigenvalue weighted by Crippen LogP contribution is 2.52. The van der Waals surface area contributed by atoms with Crippen LogP contribution >= 0.6 is 22.7 Å². The Labute approximate surface area is 700 Å². The Morgan fingerprint density at radius 1 is 0.175 bits per heavy atom. The van der Waals surface area contributed by atoms with Crippen molar-refractivity contribution in [1.82, 2.24) is 29.1 Å². The second-order valence-corrected chi connectivity index (χ2v) is 32.8. The van der Waals surface area contributed by atoms with Crippen LogP contribution < -0.4 is 0 Å². The van der Waals surface area contributed by atoms with Crippen molar-refractivity contribution in [3.63, 3.8) is 0 Å². The van der Waals surface area contributed by atoms with Gasteiger partial charge in [-0.15, -0.1) is 22.7 Å². The van der Waals surface area contributed by atoms with Gasteiger partial charge in [0.05, 0.1) is 44.8 Å². The van der Waals surface area contributed by atoms with Gasteiger partial charge < -0.3 is 9.13 Å². The maximum absolute atomic E-state index is 5.14. The van der Waals surface area contributed by atoms with E-state index < -0.39 is 0 Å². The molecule has 0 aliphatic heterocycles. The Hall–Kier alpha value is -15.3. The Bertz CT molecular complexity index is 7480. The van der Waals surface area contributed by atoms with Gasteiger partial charge in [0.15, 0.2) is 11.6 Å². The van der Waals surface area contributed by atoms with E-state index in [2.05, 4.69) is 397 Å². The molecule has 0 N–H and O–H groups in total. The lowest BCUT2D eigenvalue weighted by molar-refractivity contribution is 1.17. The second-order valence-electron chi connectivity index (χ2n) is 30.7. The van der Waals surface area contributed by atoms with Crippen LogP contribution in [0.1, 0.15) is 0 Å². The van der Waals surface area contributed by atoms with E-state index in [1.807, 2.05) is 59.1 Å². The molecule has 6 heterocycles. The zero-order valence-electron chi connectivity index (χ0n) is 64.9. The predicted molar refractivity (Wildman–Crippen MR) is 508 cm³/mol. The molecule has 18 aromatic carbocycles. The summed E-state index contributed by atoms with van der Waals surface area (Å²) in [5, 5.41) is 15.3. The van der Waals surface area contributed by atoms with Crippen LogP contribution in [0.3, 0.4) is 0 Å². The molecule has 6 nitrogen and oxygen atoms in total. The first-order valence-corrected chi connectivity index (χ1v) is 42.3. The van der Waals surface area contributed by atoms with Crippen molar-refractivity contribution < 1.29 is 0 Å². The first-order valence-electron chi connectivity index (χ1n) is 40.6. The quantitative estimate of drug-likeness (QED) is 0.122. The smallest absolute Gasteiger partial charge is 0.160 e. The molecule has 0 radical (unpaired) electrons. The average Bonchev–Trinajstić information content (AvgIpc) is 1.54. The van der Waals surface area contributed by atoms with Gasteiger partial charge in [0, 0.05) is 128 Å². The molecule has 0 amide bonds. The van der Waals surface area contributed by atoms with Crippen molar-refractivity contribution >= 4 is 128 Å². The maximum atomic E-state index is 5.14. The van der Waals surface area contributed by atoms with E-state index in [0.717, 1.165) is 67.5 Å². The fourth-order valence-electron chi connectivity index (χ4n) is 17.9. The molecular formula is C112H70N6S2. The number of thiophene rings is 2. The van der Waals surface area contributed by atoms with E-state index in [9.17, 15) is 0 Å². The maximum Gasteiger partial charge on any atom is 0.160 e. The minimum atomic E-state index is 0.697. The van der Waals surface area contributed by atoms with E-state index >= 15 is 0 Å². The van der Waals surface area contributed by atoms with Crippen LogP contribution in [0.4, 0.5) is 0 Å². The average molecular weight is 1560 g/mol. The predicted octanol–water partition coefficient (Wildman–Crippen LogP) is 30.9. The van der Waals surface area contributed by atoms with Crippen molar-refractivity contribution in [2.75, 3.05) is 0 Å². The summed E-state index contributed by atoms with van der Waals surface area (Å²) < 4.78 is 10.2. The molecule has 0 bridgehead atoms. The van der Waals surface area contributed by atoms with E-state index in [4.69, 9.17) is 19.9 Å². The Morgan fingerprint density at radius 3 is 0.758 bits per heavy atom. The summed E-state index contributed by atoms with van der Waals surface area (Å²) in [5.74, 6) is 1.41. The number of hydrogen-bond donors (Lipinski definition) is 0. The molecule has 6 aromatic heterocycles. The number of rotatable bonds is 12. The number of fused-ring (bicyclic) bond motifs is 20. The summed E-state index contributed by atoms with van der Waals surface area (Å²) in [7, 11) is 0. The summed E-state index contributed by atoms with van der Waals surface area (Å²) in [4.78, 5) is 20.5. The standard InChI is InChI=1S/2C56H35N3S/c1-5-15-36(16-6-1)41-27-31-50-46(33-41)52-53-47-34-42(37-17-7-2-8-18-37)28-32-51(47)60-55(53)45-24-14-13-23-44(45)54(52)59(50)43-29-25-39(26-30-43)49-35-48(38-19-9-3-10-20-38)57-56(58-49)40-21-11-4-12-22-40;1-5-15-36(16-6-1)41-27-31-50-46(33-41)52-53-47-34-42(37-17-7-2-8-18-37)28-32-51(47)60-55(53)45-24-14-13-23-44(45)54(52)59(50)43-29-25-40(26-30-43)56-57-48(38-19-9-3-10-20-38)35-49(58-56)39-21-11-4-12-22-39/h2*1-35H. The Kier molecular flexibility index (Phi) is 17.2. The molecule has 0 fully saturated rings. The molecule has 120 heavy (non-hydrogen) atoms. The SMILES string of the molecule is c1ccc(-c2ccc3sc4c5ccccc5c5c(c6cc(-c7ccccc7)ccc6n5-c5ccc(-c6cc(-c7ccccc7)nc(-c7ccccc7)n6)cc5)c4c3c2)cc1.c1ccc(-c2ccc3sc4c5ccccc5c5c(c6cc(-c7ccccc7)ccc6n5-c5ccc(-c6nc(-c7ccccc7)cc(-c7ccccc7)n6)cc5)c4c3c2)cc1. The number of benzene rings is 18. The normalized spacial score (nSPS) is 11.7. The molecular weight excluding hydrogens is 1490 g/mol. The molecule has 0 aliphatic rings. The highest BCUT2D eigenvalue weighted by atomic mass is 32.1. The van der Waals surface area contributed by atoms with E-state index in [1.165, 1.54) is 150 Å². The highest BCUT2D eigenvalue weighted by Gasteiger charge is 2.27. The van der Waals surface area contributed by atoms with Gasteiger partial charge in [0.2, 0.25) is 0 Å². The van der Waals surface area contributed by atoms with Crippen LogP contribution in [0.5, 0.6) is 0 Å². The molecule has 0 aliphatic carbocycles. The van der Waals surface area contributed by atoms with Crippen molar-refractivity contribution in [2.24, 2.45) is 0 Å². The van der Waals surface area contributed by atoms with Crippen molar-refractivity contribution in [3.8, 4) is 124 Å². The number of nitrogens with zero attached hydrogens (tertiary/aromatic N) is 6. The molecule has 8 heteroatoms. The van der Waals surface area contributed by atoms with E-state index in [0.29, 0.717) is 11.6 Å². The monoisotopic (exact) mass is 1560 g/mol. The zero-order chi connectivity index (χ0) is 79.1. The fraction of sp³-hybridized carbons (Fsp3) is 0. The molecule has 0 spiro atoms. The van der Waals surface area contributed by atoms with Crippen molar-refractivity contribution in [1.29, 1.82) is 0 Å². The topological polar surface area (TPSA) is 61.4 Å². The van der Waals surface area contributed by atoms with E-state index in [-0.39, 0.29) is 0 Å². The van der Waals surface area contributed by atoms with Gasteiger partial charge in [-0.3, -0.25) is 0 Å². The fourth-order valence-corrected chi connectivity index (χ4v) is 20.4. The van der Waals surface area contributed by atoms with Crippen LogP contribution in [0.25, 0.3) is 229 Å². The molecule has 0 atom stereocenters. The molecule has 24 rings (SSSR count).